The van der Waals surface area contributed by atoms with Crippen molar-refractivity contribution >= 4 is 71.0 Å². The van der Waals surface area contributed by atoms with Gasteiger partial charge in [-0.3, -0.25) is 57.5 Å². The lowest BCUT2D eigenvalue weighted by Crippen LogP contribution is -2.33. The van der Waals surface area contributed by atoms with Gasteiger partial charge in [0.05, 0.1) is 48.7 Å². The molecule has 0 radical (unpaired) electrons. The summed E-state index contributed by atoms with van der Waals surface area (Å²) in [6.07, 6.45) is 57.8. The number of carbonyl (C=O) groups is 12. The lowest BCUT2D eigenvalue weighted by Gasteiger charge is -2.16. The molecule has 714 valence electrons. The molecule has 6 aliphatic heterocycles. The van der Waals surface area contributed by atoms with Crippen LogP contribution >= 0.6 is 0 Å². The molecule has 24 heteroatoms. The SMILES string of the molecule is CCCCCCCCCCCCCCCCN1CC(C(=O)OCCCCCC)CC1=O.CCCCCCCCCCCCN1CC(C(=O)OCCCCCC)CC1=O.CCCCCCCN1CC(C(=O)NCC)CC1=O.CCCCCCN1CC(C(=O)NCC)CC1=O.CCCCCN1CC(C(=O)NCC)CC1=O.CCCN1CC(C(=O)NCC)CC1=O. The Kier molecular flexibility index (Phi) is 71.6. The van der Waals surface area contributed by atoms with Gasteiger partial charge in [-0.05, 0) is 79.1 Å². The number of unbranched alkanes of at least 4 members (excludes halogenated alkanes) is 37. The van der Waals surface area contributed by atoms with E-state index in [9.17, 15) is 57.5 Å². The lowest BCUT2D eigenvalue weighted by atomic mass is 10.0. The van der Waals surface area contributed by atoms with Crippen molar-refractivity contribution in [3.8, 4) is 0 Å². The van der Waals surface area contributed by atoms with Crippen LogP contribution in [0.25, 0.3) is 0 Å². The van der Waals surface area contributed by atoms with Crippen LogP contribution in [0.1, 0.15) is 411 Å². The van der Waals surface area contributed by atoms with Gasteiger partial charge in [0.25, 0.3) is 0 Å². The molecule has 0 aromatic rings. The van der Waals surface area contributed by atoms with Crippen LogP contribution in [0.15, 0.2) is 0 Å². The molecule has 6 saturated heterocycles. The quantitative estimate of drug-likeness (QED) is 0.0325. The Hall–Kier alpha value is -6.36. The van der Waals surface area contributed by atoms with Crippen LogP contribution in [0.4, 0.5) is 0 Å². The van der Waals surface area contributed by atoms with Crippen LogP contribution in [0.2, 0.25) is 0 Å². The summed E-state index contributed by atoms with van der Waals surface area (Å²) in [6.45, 7) is 36.9. The molecule has 0 aromatic heterocycles. The zero-order valence-electron chi connectivity index (χ0n) is 80.7. The number of hydrogen-bond acceptors (Lipinski definition) is 14. The van der Waals surface area contributed by atoms with Gasteiger partial charge in [0.1, 0.15) is 0 Å². The van der Waals surface area contributed by atoms with Crippen molar-refractivity contribution in [2.75, 3.05) is 118 Å². The molecule has 4 N–H and O–H groups in total. The summed E-state index contributed by atoms with van der Waals surface area (Å²) in [6, 6.07) is 0. The Morgan fingerprint density at radius 3 is 0.593 bits per heavy atom. The Bertz CT molecular complexity index is 2810. The van der Waals surface area contributed by atoms with Crippen molar-refractivity contribution in [3.63, 3.8) is 0 Å². The summed E-state index contributed by atoms with van der Waals surface area (Å²) >= 11 is 0. The molecule has 6 unspecified atom stereocenters. The van der Waals surface area contributed by atoms with E-state index in [0.29, 0.717) is 117 Å². The Morgan fingerprint density at radius 2 is 0.382 bits per heavy atom. The number of hydrogen-bond donors (Lipinski definition) is 4. The van der Waals surface area contributed by atoms with E-state index in [0.717, 1.165) is 116 Å². The zero-order valence-corrected chi connectivity index (χ0v) is 80.7. The van der Waals surface area contributed by atoms with E-state index in [1.165, 1.54) is 212 Å². The monoisotopic (exact) mass is 1740 g/mol. The molecule has 0 spiro atoms. The maximum absolute atomic E-state index is 12.2. The van der Waals surface area contributed by atoms with Gasteiger partial charge >= 0.3 is 11.9 Å². The maximum Gasteiger partial charge on any atom is 0.311 e. The number of esters is 2. The molecular formula is C99H184N10O14. The van der Waals surface area contributed by atoms with Gasteiger partial charge in [0.2, 0.25) is 59.1 Å². The molecule has 6 rings (SSSR count). The minimum Gasteiger partial charge on any atom is -0.465 e. The topological polar surface area (TPSA) is 291 Å². The standard InChI is InChI=1S/C27H51NO3.C23H43NO3.C14H26N2O2.C13H24N2O2.C12H22N2O2.C10H18N2O2/c1-3-5-7-9-10-11-12-13-14-15-16-17-18-19-21-28-24-25(23-26(28)29)27(30)31-22-20-8-6-4-2;1-3-5-7-9-10-11-12-13-14-15-17-24-20-21(19-22(24)25)23(26)27-18-16-8-6-4-2;1-3-5-6-7-8-9-16-11-12(10-13(16)17)14(18)15-4-2;1-3-5-6-7-8-15-10-11(9-12(15)16)13(17)14-4-2;1-3-5-6-7-14-9-10(8-11(14)15)12(16)13-4-2;1-3-5-12-7-8(6-9(12)13)10(14)11-4-2/h25H,3-24H2,1-2H3;21H,3-20H2,1-2H3;12H,3-11H2,1-2H3,(H,15,18);11H,3-10H2,1-2H3,(H,14,17);10H,3-9H2,1-2H3,(H,13,16);8H,3-7H2,1-2H3,(H,11,14). The fourth-order valence-corrected chi connectivity index (χ4v) is 16.6. The fraction of sp³-hybridized carbons (Fsp3) is 0.879. The van der Waals surface area contributed by atoms with Crippen LogP contribution in [0.3, 0.4) is 0 Å². The molecule has 6 heterocycles. The second-order valence-corrected chi connectivity index (χ2v) is 35.4. The number of nitrogens with one attached hydrogen (secondary N) is 4. The molecule has 0 aromatic carbocycles. The highest BCUT2D eigenvalue weighted by atomic mass is 16.5. The number of ether oxygens (including phenoxy) is 2. The molecule has 0 aliphatic carbocycles. The Morgan fingerprint density at radius 1 is 0.220 bits per heavy atom. The van der Waals surface area contributed by atoms with Crippen LogP contribution in [-0.4, -0.2) is 218 Å². The molecule has 0 bridgehead atoms. The Labute approximate surface area is 748 Å². The first-order chi connectivity index (χ1) is 59.6. The van der Waals surface area contributed by atoms with Gasteiger partial charge < -0.3 is 60.1 Å². The normalized spacial score (nSPS) is 18.4. The van der Waals surface area contributed by atoms with E-state index < -0.39 is 0 Å². The highest BCUT2D eigenvalue weighted by molar-refractivity contribution is 5.92. The number of nitrogens with zero attached hydrogens (tertiary/aromatic N) is 6. The van der Waals surface area contributed by atoms with Crippen LogP contribution in [0.5, 0.6) is 0 Å². The number of rotatable bonds is 63. The third-order valence-corrected chi connectivity index (χ3v) is 24.2. The van der Waals surface area contributed by atoms with E-state index in [1.807, 2.05) is 59.1 Å². The third kappa shape index (κ3) is 55.1. The van der Waals surface area contributed by atoms with E-state index in [-0.39, 0.29) is 107 Å². The highest BCUT2D eigenvalue weighted by Gasteiger charge is 2.39. The second kappa shape index (κ2) is 76.8. The van der Waals surface area contributed by atoms with Crippen LogP contribution in [-0.2, 0) is 67.0 Å². The lowest BCUT2D eigenvalue weighted by molar-refractivity contribution is -0.149. The van der Waals surface area contributed by atoms with Crippen molar-refractivity contribution in [1.82, 2.24) is 50.7 Å². The van der Waals surface area contributed by atoms with Crippen molar-refractivity contribution in [1.29, 1.82) is 0 Å². The summed E-state index contributed by atoms with van der Waals surface area (Å²) < 4.78 is 10.7. The first-order valence-corrected chi connectivity index (χ1v) is 50.7. The molecule has 123 heavy (non-hydrogen) atoms. The number of likely N-dealkylation sites (tertiary alicyclic amines) is 6. The minimum absolute atomic E-state index is 0.0134. The highest BCUT2D eigenvalue weighted by Crippen LogP contribution is 2.26. The molecule has 24 nitrogen and oxygen atoms in total. The summed E-state index contributed by atoms with van der Waals surface area (Å²) in [5, 5.41) is 11.1. The van der Waals surface area contributed by atoms with Gasteiger partial charge in [-0.2, -0.15) is 0 Å². The van der Waals surface area contributed by atoms with Gasteiger partial charge in [-0.25, -0.2) is 0 Å². The predicted molar refractivity (Wildman–Crippen MR) is 498 cm³/mol. The van der Waals surface area contributed by atoms with E-state index in [4.69, 9.17) is 9.47 Å². The molecule has 6 atom stereocenters. The first-order valence-electron chi connectivity index (χ1n) is 50.7. The van der Waals surface area contributed by atoms with Gasteiger partial charge in [-0.15, -0.1) is 0 Å². The number of carbonyl (C=O) groups excluding carboxylic acids is 12. The van der Waals surface area contributed by atoms with Gasteiger partial charge in [-0.1, -0.05) is 293 Å². The summed E-state index contributed by atoms with van der Waals surface area (Å²) in [5.74, 6) is -0.499. The first kappa shape index (κ1) is 115. The van der Waals surface area contributed by atoms with E-state index in [2.05, 4.69) is 69.7 Å². The minimum atomic E-state index is -0.245. The van der Waals surface area contributed by atoms with Crippen molar-refractivity contribution in [3.05, 3.63) is 0 Å². The maximum atomic E-state index is 12.2. The Balaban J connectivity index is 0.000000755. The summed E-state index contributed by atoms with van der Waals surface area (Å²) in [5.41, 5.74) is 0. The van der Waals surface area contributed by atoms with Crippen LogP contribution < -0.4 is 21.3 Å². The third-order valence-electron chi connectivity index (χ3n) is 24.2. The average Bonchev–Trinajstić information content (AvgIpc) is 1.80. The molecule has 6 aliphatic rings. The number of amides is 10. The van der Waals surface area contributed by atoms with Gasteiger partial charge in [0, 0.05) is 143 Å². The largest absolute Gasteiger partial charge is 0.465 e. The average molecular weight is 1740 g/mol. The zero-order chi connectivity index (χ0) is 90.9. The van der Waals surface area contributed by atoms with Gasteiger partial charge in [0.15, 0.2) is 0 Å². The fourth-order valence-electron chi connectivity index (χ4n) is 16.6. The van der Waals surface area contributed by atoms with E-state index >= 15 is 0 Å². The van der Waals surface area contributed by atoms with E-state index in [1.54, 1.807) is 4.90 Å². The molecule has 10 amide bonds. The second-order valence-electron chi connectivity index (χ2n) is 35.4. The summed E-state index contributed by atoms with van der Waals surface area (Å²) in [7, 11) is 0. The van der Waals surface area contributed by atoms with Crippen molar-refractivity contribution in [2.24, 2.45) is 35.5 Å². The predicted octanol–water partition coefficient (Wildman–Crippen LogP) is 18.4. The molecular weight excluding hydrogens is 1550 g/mol. The van der Waals surface area contributed by atoms with Crippen molar-refractivity contribution in [2.45, 2.75) is 411 Å². The molecule has 6 fully saturated rings. The molecule has 0 saturated carbocycles. The smallest absolute Gasteiger partial charge is 0.311 e. The van der Waals surface area contributed by atoms with Crippen molar-refractivity contribution < 1.29 is 67.0 Å². The van der Waals surface area contributed by atoms with Crippen LogP contribution in [0, 0.1) is 35.5 Å². The summed E-state index contributed by atoms with van der Waals surface area (Å²) in [4.78, 5) is 152.